The molecule has 3 rings (SSSR count). The summed E-state index contributed by atoms with van der Waals surface area (Å²) in [5.74, 6) is -0.00250. The molecule has 9 nitrogen and oxygen atoms in total. The highest BCUT2D eigenvalue weighted by Crippen LogP contribution is 2.18. The molecule has 0 spiro atoms. The molecular weight excluding hydrogens is 399 g/mol. The van der Waals surface area contributed by atoms with Crippen LogP contribution in [0.1, 0.15) is 17.0 Å². The predicted octanol–water partition coefficient (Wildman–Crippen LogP) is 3.27. The van der Waals surface area contributed by atoms with Gasteiger partial charge in [0.15, 0.2) is 10.9 Å². The minimum Gasteiger partial charge on any atom is -0.407 e. The van der Waals surface area contributed by atoms with Crippen molar-refractivity contribution in [3.63, 3.8) is 0 Å². The number of ether oxygens (including phenoxy) is 1. The van der Waals surface area contributed by atoms with Crippen molar-refractivity contribution < 1.29 is 18.7 Å². The average Bonchev–Trinajstić information content (AvgIpc) is 3.29. The molecule has 2 aromatic heterocycles. The van der Waals surface area contributed by atoms with Crippen molar-refractivity contribution >= 4 is 28.6 Å². The molecule has 0 bridgehead atoms. The monoisotopic (exact) mass is 418 g/mol. The summed E-state index contributed by atoms with van der Waals surface area (Å²) >= 11 is 1.23. The van der Waals surface area contributed by atoms with Crippen molar-refractivity contribution in [2.24, 2.45) is 0 Å². The number of aryl methyl sites for hydroxylation is 1. The molecule has 1 aromatic carbocycles. The van der Waals surface area contributed by atoms with Crippen molar-refractivity contribution in [2.75, 3.05) is 12.4 Å². The standard InChI is InChI=1S/C18H19FN6O3S/c1-11-15(8-21-24-11)28-18(27)25(2)9-14-10-29-17(22-14)23-16(26)20-7-12-4-3-5-13(19)6-12/h3-6,8,10H,7,9H2,1-2H3,(H,21,24)(H2,20,22,23,26). The molecule has 0 aliphatic heterocycles. The lowest BCUT2D eigenvalue weighted by Gasteiger charge is -2.15. The third-order valence-electron chi connectivity index (χ3n) is 3.81. The van der Waals surface area contributed by atoms with E-state index in [9.17, 15) is 14.0 Å². The van der Waals surface area contributed by atoms with E-state index in [0.717, 1.165) is 0 Å². The van der Waals surface area contributed by atoms with Gasteiger partial charge in [0.05, 0.1) is 18.4 Å². The first kappa shape index (κ1) is 20.3. The Labute approximate surface area is 169 Å². The maximum atomic E-state index is 13.1. The van der Waals surface area contributed by atoms with Crippen LogP contribution in [0, 0.1) is 12.7 Å². The number of aromatic nitrogens is 3. The number of carbonyl (C=O) groups is 2. The SMILES string of the molecule is Cc1n[nH]cc1OC(=O)N(C)Cc1csc(NC(=O)NCc2cccc(F)c2)n1. The number of urea groups is 1. The third-order valence-corrected chi connectivity index (χ3v) is 4.61. The third kappa shape index (κ3) is 5.75. The summed E-state index contributed by atoms with van der Waals surface area (Å²) in [6.07, 6.45) is 0.943. The van der Waals surface area contributed by atoms with Crippen LogP contribution in [0.3, 0.4) is 0 Å². The largest absolute Gasteiger partial charge is 0.415 e. The lowest BCUT2D eigenvalue weighted by atomic mass is 10.2. The van der Waals surface area contributed by atoms with E-state index < -0.39 is 12.1 Å². The van der Waals surface area contributed by atoms with Crippen molar-refractivity contribution in [3.05, 3.63) is 58.6 Å². The fourth-order valence-electron chi connectivity index (χ4n) is 2.34. The van der Waals surface area contributed by atoms with Crippen LogP contribution < -0.4 is 15.4 Å². The normalized spacial score (nSPS) is 10.4. The van der Waals surface area contributed by atoms with Crippen molar-refractivity contribution in [1.82, 2.24) is 25.4 Å². The van der Waals surface area contributed by atoms with Crippen molar-refractivity contribution in [3.8, 4) is 5.75 Å². The topological polar surface area (TPSA) is 112 Å². The molecule has 3 N–H and O–H groups in total. The Kier molecular flexibility index (Phi) is 6.39. The second-order valence-corrected chi connectivity index (χ2v) is 7.00. The Morgan fingerprint density at radius 1 is 1.38 bits per heavy atom. The summed E-state index contributed by atoms with van der Waals surface area (Å²) in [6.45, 7) is 2.11. The van der Waals surface area contributed by atoms with Crippen LogP contribution in [0.2, 0.25) is 0 Å². The predicted molar refractivity (Wildman–Crippen MR) is 105 cm³/mol. The summed E-state index contributed by atoms with van der Waals surface area (Å²) in [6, 6.07) is 5.52. The number of hydrogen-bond donors (Lipinski definition) is 3. The van der Waals surface area contributed by atoms with Crippen LogP contribution in [0.15, 0.2) is 35.8 Å². The van der Waals surface area contributed by atoms with E-state index in [4.69, 9.17) is 4.74 Å². The van der Waals surface area contributed by atoms with Gasteiger partial charge < -0.3 is 15.0 Å². The zero-order valence-corrected chi connectivity index (χ0v) is 16.5. The molecule has 3 amide bonds. The van der Waals surface area contributed by atoms with E-state index in [1.807, 2.05) is 0 Å². The second kappa shape index (κ2) is 9.15. The summed E-state index contributed by atoms with van der Waals surface area (Å²) in [5.41, 5.74) is 1.82. The molecule has 3 aromatic rings. The van der Waals surface area contributed by atoms with Crippen LogP contribution in [0.25, 0.3) is 0 Å². The van der Waals surface area contributed by atoms with Gasteiger partial charge in [0.1, 0.15) is 11.5 Å². The number of nitrogens with zero attached hydrogens (tertiary/aromatic N) is 3. The second-order valence-electron chi connectivity index (χ2n) is 6.14. The molecule has 152 valence electrons. The van der Waals surface area contributed by atoms with Crippen LogP contribution in [-0.2, 0) is 13.1 Å². The molecule has 0 saturated carbocycles. The average molecular weight is 418 g/mol. The molecule has 0 aliphatic carbocycles. The molecule has 0 radical (unpaired) electrons. The highest BCUT2D eigenvalue weighted by molar-refractivity contribution is 7.13. The van der Waals surface area contributed by atoms with Gasteiger partial charge >= 0.3 is 12.1 Å². The van der Waals surface area contributed by atoms with Gasteiger partial charge in [-0.25, -0.2) is 19.0 Å². The maximum absolute atomic E-state index is 13.1. The van der Waals surface area contributed by atoms with Crippen molar-refractivity contribution in [2.45, 2.75) is 20.0 Å². The van der Waals surface area contributed by atoms with Gasteiger partial charge in [-0.3, -0.25) is 10.4 Å². The number of carbonyl (C=O) groups excluding carboxylic acids is 2. The number of nitrogens with one attached hydrogen (secondary N) is 3. The first-order valence-corrected chi connectivity index (χ1v) is 9.45. The van der Waals surface area contributed by atoms with Gasteiger partial charge in [-0.05, 0) is 24.6 Å². The Morgan fingerprint density at radius 2 is 2.21 bits per heavy atom. The zero-order valence-electron chi connectivity index (χ0n) is 15.7. The van der Waals surface area contributed by atoms with Gasteiger partial charge in [0.25, 0.3) is 0 Å². The van der Waals surface area contributed by atoms with Gasteiger partial charge in [0.2, 0.25) is 0 Å². The zero-order chi connectivity index (χ0) is 20.8. The molecule has 11 heteroatoms. The molecule has 2 heterocycles. The molecule has 0 atom stereocenters. The summed E-state index contributed by atoms with van der Waals surface area (Å²) in [5, 5.41) is 13.9. The number of amides is 3. The molecular formula is C18H19FN6O3S. The smallest absolute Gasteiger partial charge is 0.407 e. The number of aromatic amines is 1. The van der Waals surface area contributed by atoms with Gasteiger partial charge in [-0.1, -0.05) is 12.1 Å². The Morgan fingerprint density at radius 3 is 2.93 bits per heavy atom. The molecule has 0 fully saturated rings. The van der Waals surface area contributed by atoms with Crippen LogP contribution in [-0.4, -0.2) is 39.3 Å². The van der Waals surface area contributed by atoms with Crippen molar-refractivity contribution in [1.29, 1.82) is 0 Å². The first-order chi connectivity index (χ1) is 13.9. The number of H-pyrrole nitrogens is 1. The molecule has 29 heavy (non-hydrogen) atoms. The Balaban J connectivity index is 1.47. The summed E-state index contributed by atoms with van der Waals surface area (Å²) < 4.78 is 18.4. The number of benzene rings is 1. The highest BCUT2D eigenvalue weighted by Gasteiger charge is 2.16. The minimum absolute atomic E-state index is 0.184. The fraction of sp³-hybridized carbons (Fsp3) is 0.222. The van der Waals surface area contributed by atoms with Crippen LogP contribution in [0.5, 0.6) is 5.75 Å². The highest BCUT2D eigenvalue weighted by atomic mass is 32.1. The molecule has 0 aliphatic rings. The number of halogens is 1. The maximum Gasteiger partial charge on any atom is 0.415 e. The van der Waals surface area contributed by atoms with Gasteiger partial charge in [-0.15, -0.1) is 11.3 Å². The van der Waals surface area contributed by atoms with E-state index in [0.29, 0.717) is 27.8 Å². The van der Waals surface area contributed by atoms with E-state index in [2.05, 4.69) is 25.8 Å². The van der Waals surface area contributed by atoms with E-state index in [1.165, 1.54) is 34.6 Å². The Bertz CT molecular complexity index is 1000. The quantitative estimate of drug-likeness (QED) is 0.569. The minimum atomic E-state index is -0.551. The lowest BCUT2D eigenvalue weighted by Crippen LogP contribution is -2.29. The number of hydrogen-bond acceptors (Lipinski definition) is 6. The lowest BCUT2D eigenvalue weighted by molar-refractivity contribution is 0.160. The van der Waals surface area contributed by atoms with Crippen LogP contribution >= 0.6 is 11.3 Å². The number of thiazole rings is 1. The summed E-state index contributed by atoms with van der Waals surface area (Å²) in [7, 11) is 1.58. The van der Waals surface area contributed by atoms with Crippen LogP contribution in [0.4, 0.5) is 19.1 Å². The molecule has 0 unspecified atom stereocenters. The van der Waals surface area contributed by atoms with Gasteiger partial charge in [0, 0.05) is 19.0 Å². The summed E-state index contributed by atoms with van der Waals surface area (Å²) in [4.78, 5) is 29.7. The first-order valence-electron chi connectivity index (χ1n) is 8.57. The fourth-order valence-corrected chi connectivity index (χ4v) is 3.03. The van der Waals surface area contributed by atoms with Gasteiger partial charge in [-0.2, -0.15) is 5.10 Å². The number of rotatable bonds is 6. The van der Waals surface area contributed by atoms with E-state index in [-0.39, 0.29) is 18.9 Å². The Hall–Kier alpha value is -3.47. The molecule has 0 saturated heterocycles. The van der Waals surface area contributed by atoms with E-state index in [1.54, 1.807) is 31.5 Å². The van der Waals surface area contributed by atoms with E-state index >= 15 is 0 Å². The number of anilines is 1.